The summed E-state index contributed by atoms with van der Waals surface area (Å²) < 4.78 is 6.04. The van der Waals surface area contributed by atoms with Crippen LogP contribution in [0.4, 0.5) is 0 Å². The van der Waals surface area contributed by atoms with Crippen LogP contribution < -0.4 is 4.74 Å². The molecule has 2 aliphatic rings. The SMILES string of the molecule is O=C(c1cccnc1)N1CCC(N2CCC(Oc3cccnc3)CC2)CC1. The number of rotatable bonds is 4. The molecule has 27 heavy (non-hydrogen) atoms. The van der Waals surface area contributed by atoms with Crippen LogP contribution in [0.15, 0.2) is 49.1 Å². The molecule has 0 atom stereocenters. The Kier molecular flexibility index (Phi) is 5.63. The topological polar surface area (TPSA) is 58.6 Å². The van der Waals surface area contributed by atoms with Gasteiger partial charge >= 0.3 is 0 Å². The summed E-state index contributed by atoms with van der Waals surface area (Å²) in [6, 6.07) is 8.10. The Balaban J connectivity index is 1.23. The van der Waals surface area contributed by atoms with Crippen molar-refractivity contribution in [2.45, 2.75) is 37.8 Å². The number of pyridine rings is 2. The van der Waals surface area contributed by atoms with Gasteiger partial charge in [-0.2, -0.15) is 0 Å². The van der Waals surface area contributed by atoms with E-state index in [0.29, 0.717) is 11.6 Å². The van der Waals surface area contributed by atoms with Gasteiger partial charge in [0.15, 0.2) is 0 Å². The van der Waals surface area contributed by atoms with Gasteiger partial charge in [-0.15, -0.1) is 0 Å². The molecule has 0 unspecified atom stereocenters. The van der Waals surface area contributed by atoms with E-state index in [2.05, 4.69) is 14.9 Å². The zero-order valence-corrected chi connectivity index (χ0v) is 15.5. The fourth-order valence-corrected chi connectivity index (χ4v) is 4.07. The lowest BCUT2D eigenvalue weighted by atomic mass is 9.98. The van der Waals surface area contributed by atoms with E-state index in [1.54, 1.807) is 24.8 Å². The van der Waals surface area contributed by atoms with E-state index >= 15 is 0 Å². The minimum Gasteiger partial charge on any atom is -0.489 e. The molecule has 0 bridgehead atoms. The molecule has 0 saturated carbocycles. The first-order valence-corrected chi connectivity index (χ1v) is 9.79. The molecule has 0 aromatic carbocycles. The van der Waals surface area contributed by atoms with Crippen LogP contribution >= 0.6 is 0 Å². The molecule has 142 valence electrons. The Labute approximate surface area is 160 Å². The first-order chi connectivity index (χ1) is 13.3. The van der Waals surface area contributed by atoms with Crippen LogP contribution in [0, 0.1) is 0 Å². The highest BCUT2D eigenvalue weighted by Crippen LogP contribution is 2.24. The highest BCUT2D eigenvalue weighted by molar-refractivity contribution is 5.93. The summed E-state index contributed by atoms with van der Waals surface area (Å²) in [5.74, 6) is 0.961. The van der Waals surface area contributed by atoms with Crippen LogP contribution in [0.5, 0.6) is 5.75 Å². The second kappa shape index (κ2) is 8.48. The van der Waals surface area contributed by atoms with Crippen molar-refractivity contribution >= 4 is 5.91 Å². The van der Waals surface area contributed by atoms with Crippen LogP contribution in [0.25, 0.3) is 0 Å². The van der Waals surface area contributed by atoms with E-state index < -0.39 is 0 Å². The Morgan fingerprint density at radius 2 is 1.63 bits per heavy atom. The van der Waals surface area contributed by atoms with Crippen molar-refractivity contribution in [2.24, 2.45) is 0 Å². The van der Waals surface area contributed by atoms with E-state index in [9.17, 15) is 4.79 Å². The standard InChI is InChI=1S/C21H26N4O2/c26-21(17-3-1-9-22-15-17)25-11-5-18(6-12-25)24-13-7-19(8-14-24)27-20-4-2-10-23-16-20/h1-4,9-10,15-16,18-19H,5-8,11-14H2. The van der Waals surface area contributed by atoms with Crippen LogP contribution in [0.3, 0.4) is 0 Å². The molecule has 2 fully saturated rings. The summed E-state index contributed by atoms with van der Waals surface area (Å²) in [5, 5.41) is 0. The van der Waals surface area contributed by atoms with Crippen LogP contribution in [0.2, 0.25) is 0 Å². The monoisotopic (exact) mass is 366 g/mol. The molecule has 0 radical (unpaired) electrons. The van der Waals surface area contributed by atoms with Crippen LogP contribution in [-0.2, 0) is 0 Å². The van der Waals surface area contributed by atoms with Crippen molar-refractivity contribution in [3.8, 4) is 5.75 Å². The number of likely N-dealkylation sites (tertiary alicyclic amines) is 2. The summed E-state index contributed by atoms with van der Waals surface area (Å²) in [6.45, 7) is 3.77. The first kappa shape index (κ1) is 17.9. The number of hydrogen-bond donors (Lipinski definition) is 0. The Morgan fingerprint density at radius 1 is 0.926 bits per heavy atom. The summed E-state index contributed by atoms with van der Waals surface area (Å²) in [7, 11) is 0. The summed E-state index contributed by atoms with van der Waals surface area (Å²) in [4.78, 5) is 25.3. The van der Waals surface area contributed by atoms with Crippen molar-refractivity contribution in [1.29, 1.82) is 0 Å². The summed E-state index contributed by atoms with van der Waals surface area (Å²) in [5.41, 5.74) is 0.685. The molecule has 4 rings (SSSR count). The van der Waals surface area contributed by atoms with Crippen molar-refractivity contribution in [2.75, 3.05) is 26.2 Å². The lowest BCUT2D eigenvalue weighted by Crippen LogP contribution is -2.50. The molecule has 2 aliphatic heterocycles. The summed E-state index contributed by atoms with van der Waals surface area (Å²) >= 11 is 0. The minimum absolute atomic E-state index is 0.102. The third-order valence-corrected chi connectivity index (χ3v) is 5.59. The Morgan fingerprint density at radius 3 is 2.26 bits per heavy atom. The van der Waals surface area contributed by atoms with Gasteiger partial charge in [0.25, 0.3) is 5.91 Å². The number of piperidine rings is 2. The van der Waals surface area contributed by atoms with E-state index in [1.165, 1.54) is 0 Å². The van der Waals surface area contributed by atoms with Crippen molar-refractivity contribution in [3.05, 3.63) is 54.6 Å². The van der Waals surface area contributed by atoms with E-state index in [1.807, 2.05) is 29.2 Å². The summed E-state index contributed by atoms with van der Waals surface area (Å²) in [6.07, 6.45) is 11.3. The van der Waals surface area contributed by atoms with Gasteiger partial charge in [-0.05, 0) is 49.9 Å². The number of carbonyl (C=O) groups is 1. The quantitative estimate of drug-likeness (QED) is 0.833. The van der Waals surface area contributed by atoms with E-state index in [-0.39, 0.29) is 12.0 Å². The molecular weight excluding hydrogens is 340 g/mol. The molecule has 6 nitrogen and oxygen atoms in total. The highest BCUT2D eigenvalue weighted by atomic mass is 16.5. The van der Waals surface area contributed by atoms with Gasteiger partial charge in [0, 0.05) is 50.8 Å². The molecule has 2 aromatic rings. The van der Waals surface area contributed by atoms with Gasteiger partial charge in [-0.3, -0.25) is 19.7 Å². The molecule has 0 spiro atoms. The second-order valence-electron chi connectivity index (χ2n) is 7.31. The molecule has 4 heterocycles. The first-order valence-electron chi connectivity index (χ1n) is 9.79. The number of amides is 1. The highest BCUT2D eigenvalue weighted by Gasteiger charge is 2.30. The minimum atomic E-state index is 0.102. The molecule has 0 N–H and O–H groups in total. The zero-order chi connectivity index (χ0) is 18.5. The number of aromatic nitrogens is 2. The molecule has 2 saturated heterocycles. The van der Waals surface area contributed by atoms with Gasteiger partial charge in [0.05, 0.1) is 11.8 Å². The molecular formula is C21H26N4O2. The average Bonchev–Trinajstić information content (AvgIpc) is 2.75. The molecule has 0 aliphatic carbocycles. The van der Waals surface area contributed by atoms with Crippen molar-refractivity contribution < 1.29 is 9.53 Å². The predicted molar refractivity (Wildman–Crippen MR) is 103 cm³/mol. The number of carbonyl (C=O) groups excluding carboxylic acids is 1. The van der Waals surface area contributed by atoms with Gasteiger partial charge in [-0.25, -0.2) is 0 Å². The fourth-order valence-electron chi connectivity index (χ4n) is 4.07. The van der Waals surface area contributed by atoms with Crippen LogP contribution in [0.1, 0.15) is 36.0 Å². The van der Waals surface area contributed by atoms with E-state index in [4.69, 9.17) is 4.74 Å². The zero-order valence-electron chi connectivity index (χ0n) is 15.5. The van der Waals surface area contributed by atoms with Crippen LogP contribution in [-0.4, -0.2) is 64.0 Å². The maximum Gasteiger partial charge on any atom is 0.255 e. The normalized spacial score (nSPS) is 19.8. The molecule has 2 aromatic heterocycles. The molecule has 6 heteroatoms. The Hall–Kier alpha value is -2.47. The average molecular weight is 366 g/mol. The van der Waals surface area contributed by atoms with Gasteiger partial charge in [-0.1, -0.05) is 0 Å². The fraction of sp³-hybridized carbons (Fsp3) is 0.476. The molecule has 1 amide bonds. The Bertz CT molecular complexity index is 724. The maximum atomic E-state index is 12.5. The predicted octanol–water partition coefficient (Wildman–Crippen LogP) is 2.62. The number of nitrogens with zero attached hydrogens (tertiary/aromatic N) is 4. The number of hydrogen-bond acceptors (Lipinski definition) is 5. The maximum absolute atomic E-state index is 12.5. The van der Waals surface area contributed by atoms with E-state index in [0.717, 1.165) is 57.6 Å². The van der Waals surface area contributed by atoms with Gasteiger partial charge in [0.2, 0.25) is 0 Å². The lowest BCUT2D eigenvalue weighted by molar-refractivity contribution is 0.0424. The van der Waals surface area contributed by atoms with Crippen molar-refractivity contribution in [3.63, 3.8) is 0 Å². The van der Waals surface area contributed by atoms with Gasteiger partial charge in [0.1, 0.15) is 11.9 Å². The van der Waals surface area contributed by atoms with Crippen molar-refractivity contribution in [1.82, 2.24) is 19.8 Å². The third-order valence-electron chi connectivity index (χ3n) is 5.59. The second-order valence-corrected chi connectivity index (χ2v) is 7.31. The third kappa shape index (κ3) is 4.45. The smallest absolute Gasteiger partial charge is 0.255 e. The largest absolute Gasteiger partial charge is 0.489 e. The van der Waals surface area contributed by atoms with Gasteiger partial charge < -0.3 is 9.64 Å². The number of ether oxygens (including phenoxy) is 1. The lowest BCUT2D eigenvalue weighted by Gasteiger charge is -2.41.